The standard InChI is InChI=1S/C6H4ClN3O6S/c1-16-5(11)3(9(12)13)2-4(10(14)15)17-6(7)8-2/h3H,1H3. The van der Waals surface area contributed by atoms with E-state index in [1.165, 1.54) is 0 Å². The van der Waals surface area contributed by atoms with Crippen LogP contribution in [0.1, 0.15) is 11.7 Å². The first-order valence-electron chi connectivity index (χ1n) is 3.90. The molecule has 1 heterocycles. The lowest BCUT2D eigenvalue weighted by atomic mass is 10.2. The Morgan fingerprint density at radius 2 is 2.12 bits per heavy atom. The summed E-state index contributed by atoms with van der Waals surface area (Å²) >= 11 is 5.87. The maximum absolute atomic E-state index is 11.2. The van der Waals surface area contributed by atoms with E-state index in [2.05, 4.69) is 9.72 Å². The summed E-state index contributed by atoms with van der Waals surface area (Å²) in [4.78, 5) is 34.0. The molecular formula is C6H4ClN3O6S. The minimum absolute atomic E-state index is 0.262. The first-order chi connectivity index (χ1) is 7.88. The van der Waals surface area contributed by atoms with Crippen molar-refractivity contribution in [1.82, 2.24) is 4.98 Å². The molecule has 1 rings (SSSR count). The van der Waals surface area contributed by atoms with Gasteiger partial charge in [-0.2, -0.15) is 0 Å². The molecule has 0 amide bonds. The number of ether oxygens (including phenoxy) is 1. The Morgan fingerprint density at radius 1 is 1.53 bits per heavy atom. The average molecular weight is 282 g/mol. The van der Waals surface area contributed by atoms with Crippen LogP contribution in [0, 0.1) is 20.2 Å². The van der Waals surface area contributed by atoms with Crippen LogP contribution in [-0.4, -0.2) is 27.9 Å². The number of nitro groups is 2. The quantitative estimate of drug-likeness (QED) is 0.461. The van der Waals surface area contributed by atoms with Crippen LogP contribution in [-0.2, 0) is 9.53 Å². The molecule has 9 nitrogen and oxygen atoms in total. The van der Waals surface area contributed by atoms with E-state index in [9.17, 15) is 25.0 Å². The molecule has 0 fully saturated rings. The van der Waals surface area contributed by atoms with Gasteiger partial charge in [0.1, 0.15) is 0 Å². The van der Waals surface area contributed by atoms with Gasteiger partial charge < -0.3 is 4.74 Å². The number of nitrogens with zero attached hydrogens (tertiary/aromatic N) is 3. The van der Waals surface area contributed by atoms with E-state index in [0.717, 1.165) is 7.11 Å². The lowest BCUT2D eigenvalue weighted by molar-refractivity contribution is -0.518. The summed E-state index contributed by atoms with van der Waals surface area (Å²) in [6.07, 6.45) is 0. The van der Waals surface area contributed by atoms with Gasteiger partial charge in [-0.3, -0.25) is 20.2 Å². The summed E-state index contributed by atoms with van der Waals surface area (Å²) in [5, 5.41) is 20.7. The Balaban J connectivity index is 3.32. The molecule has 1 atom stereocenters. The molecule has 11 heteroatoms. The van der Waals surface area contributed by atoms with Crippen LogP contribution < -0.4 is 0 Å². The molecule has 0 aliphatic heterocycles. The van der Waals surface area contributed by atoms with Crippen molar-refractivity contribution in [3.05, 3.63) is 30.4 Å². The number of aromatic nitrogens is 1. The second-order valence-electron chi connectivity index (χ2n) is 2.63. The molecular weight excluding hydrogens is 278 g/mol. The fourth-order valence-corrected chi connectivity index (χ4v) is 1.97. The molecule has 0 aliphatic carbocycles. The van der Waals surface area contributed by atoms with Crippen molar-refractivity contribution in [3.63, 3.8) is 0 Å². The van der Waals surface area contributed by atoms with Gasteiger partial charge in [0.05, 0.1) is 12.0 Å². The molecule has 0 aromatic carbocycles. The van der Waals surface area contributed by atoms with E-state index < -0.39 is 32.6 Å². The van der Waals surface area contributed by atoms with Crippen LogP contribution in [0.25, 0.3) is 0 Å². The second kappa shape index (κ2) is 5.01. The normalized spacial score (nSPS) is 11.9. The lowest BCUT2D eigenvalue weighted by Crippen LogP contribution is -2.23. The molecule has 92 valence electrons. The van der Waals surface area contributed by atoms with Crippen molar-refractivity contribution in [2.45, 2.75) is 6.04 Å². The predicted molar refractivity (Wildman–Crippen MR) is 55.5 cm³/mol. The molecule has 0 saturated carbocycles. The molecule has 1 aromatic rings. The minimum Gasteiger partial charge on any atom is -0.464 e. The summed E-state index contributed by atoms with van der Waals surface area (Å²) in [5.41, 5.74) is -0.623. The summed E-state index contributed by atoms with van der Waals surface area (Å²) < 4.78 is 3.93. The maximum atomic E-state index is 11.2. The fourth-order valence-electron chi connectivity index (χ4n) is 1.02. The smallest absolute Gasteiger partial charge is 0.388 e. The van der Waals surface area contributed by atoms with Gasteiger partial charge in [-0.25, -0.2) is 9.78 Å². The van der Waals surface area contributed by atoms with Gasteiger partial charge in [0.15, 0.2) is 4.47 Å². The third-order valence-electron chi connectivity index (χ3n) is 1.67. The molecule has 0 saturated heterocycles. The van der Waals surface area contributed by atoms with Gasteiger partial charge in [-0.15, -0.1) is 0 Å². The van der Waals surface area contributed by atoms with Crippen LogP contribution in [0.5, 0.6) is 0 Å². The van der Waals surface area contributed by atoms with Gasteiger partial charge >= 0.3 is 17.0 Å². The zero-order chi connectivity index (χ0) is 13.2. The monoisotopic (exact) mass is 281 g/mol. The number of halogens is 1. The average Bonchev–Trinajstić information content (AvgIpc) is 2.59. The fraction of sp³-hybridized carbons (Fsp3) is 0.333. The highest BCUT2D eigenvalue weighted by molar-refractivity contribution is 7.18. The Bertz CT molecular complexity index is 488. The molecule has 0 spiro atoms. The van der Waals surface area contributed by atoms with Crippen LogP contribution in [0.3, 0.4) is 0 Å². The molecule has 1 unspecified atom stereocenters. The van der Waals surface area contributed by atoms with Crippen molar-refractivity contribution in [2.75, 3.05) is 7.11 Å². The molecule has 1 aromatic heterocycles. The van der Waals surface area contributed by atoms with Gasteiger partial charge in [0.2, 0.25) is 5.69 Å². The van der Waals surface area contributed by atoms with E-state index in [1.807, 2.05) is 0 Å². The molecule has 0 N–H and O–H groups in total. The largest absolute Gasteiger partial charge is 0.464 e. The highest BCUT2D eigenvalue weighted by Gasteiger charge is 2.42. The number of esters is 1. The molecule has 17 heavy (non-hydrogen) atoms. The summed E-state index contributed by atoms with van der Waals surface area (Å²) in [6, 6.07) is -2.05. The van der Waals surface area contributed by atoms with Crippen LogP contribution in [0.2, 0.25) is 4.47 Å². The number of methoxy groups -OCH3 is 1. The first-order valence-corrected chi connectivity index (χ1v) is 5.09. The zero-order valence-electron chi connectivity index (χ0n) is 8.15. The Kier molecular flexibility index (Phi) is 3.91. The van der Waals surface area contributed by atoms with E-state index in [0.29, 0.717) is 11.3 Å². The topological polar surface area (TPSA) is 125 Å². The van der Waals surface area contributed by atoms with Gasteiger partial charge in [0, 0.05) is 4.92 Å². The van der Waals surface area contributed by atoms with Crippen molar-refractivity contribution >= 4 is 33.9 Å². The number of carbonyl (C=O) groups excluding carboxylic acids is 1. The van der Waals surface area contributed by atoms with Crippen LogP contribution in [0.4, 0.5) is 5.00 Å². The number of carbonyl (C=O) groups is 1. The molecule has 0 radical (unpaired) electrons. The predicted octanol–water partition coefficient (Wildman–Crippen LogP) is 1.20. The van der Waals surface area contributed by atoms with E-state index in [-0.39, 0.29) is 4.47 Å². The first kappa shape index (κ1) is 13.3. The van der Waals surface area contributed by atoms with Crippen LogP contribution in [0.15, 0.2) is 0 Å². The summed E-state index contributed by atoms with van der Waals surface area (Å²) in [7, 11) is 0.929. The van der Waals surface area contributed by atoms with E-state index in [4.69, 9.17) is 11.6 Å². The second-order valence-corrected chi connectivity index (χ2v) is 4.19. The number of hydrogen-bond acceptors (Lipinski definition) is 8. The number of rotatable bonds is 4. The number of thiazole rings is 1. The summed E-state index contributed by atoms with van der Waals surface area (Å²) in [5.74, 6) is -1.25. The molecule has 0 aliphatic rings. The van der Waals surface area contributed by atoms with E-state index in [1.54, 1.807) is 0 Å². The van der Waals surface area contributed by atoms with Crippen molar-refractivity contribution in [3.8, 4) is 0 Å². The third-order valence-corrected chi connectivity index (χ3v) is 2.80. The highest BCUT2D eigenvalue weighted by Crippen LogP contribution is 2.35. The van der Waals surface area contributed by atoms with Gasteiger partial charge in [-0.05, 0) is 11.3 Å². The third kappa shape index (κ3) is 2.65. The van der Waals surface area contributed by atoms with Crippen LogP contribution >= 0.6 is 22.9 Å². The van der Waals surface area contributed by atoms with Crippen molar-refractivity contribution in [2.24, 2.45) is 0 Å². The van der Waals surface area contributed by atoms with E-state index >= 15 is 0 Å². The SMILES string of the molecule is COC(=O)C(c1nc(Cl)sc1[N+](=O)[O-])[N+](=O)[O-]. The van der Waals surface area contributed by atoms with Crippen molar-refractivity contribution in [1.29, 1.82) is 0 Å². The highest BCUT2D eigenvalue weighted by atomic mass is 35.5. The van der Waals surface area contributed by atoms with Gasteiger partial charge in [0.25, 0.3) is 0 Å². The Hall–Kier alpha value is -1.81. The minimum atomic E-state index is -2.05. The Labute approximate surface area is 102 Å². The zero-order valence-corrected chi connectivity index (χ0v) is 9.73. The maximum Gasteiger partial charge on any atom is 0.388 e. The summed E-state index contributed by atoms with van der Waals surface area (Å²) in [6.45, 7) is 0. The molecule has 0 bridgehead atoms. The van der Waals surface area contributed by atoms with Gasteiger partial charge in [-0.1, -0.05) is 11.6 Å². The van der Waals surface area contributed by atoms with Crippen molar-refractivity contribution < 1.29 is 19.4 Å². The lowest BCUT2D eigenvalue weighted by Gasteiger charge is -2.03. The number of hydrogen-bond donors (Lipinski definition) is 0. The Morgan fingerprint density at radius 3 is 2.53 bits per heavy atom.